The van der Waals surface area contributed by atoms with E-state index in [9.17, 15) is 5.11 Å². The fourth-order valence-electron chi connectivity index (χ4n) is 2.87. The normalized spacial score (nSPS) is 10.3. The lowest BCUT2D eigenvalue weighted by atomic mass is 10.1. The van der Waals surface area contributed by atoms with Crippen LogP contribution in [-0.2, 0) is 0 Å². The van der Waals surface area contributed by atoms with Gasteiger partial charge in [-0.25, -0.2) is 0 Å². The molecule has 0 aliphatic heterocycles. The first-order chi connectivity index (χ1) is 10.8. The molecule has 0 aromatic heterocycles. The van der Waals surface area contributed by atoms with Gasteiger partial charge in [-0.2, -0.15) is 0 Å². The van der Waals surface area contributed by atoms with Crippen molar-refractivity contribution in [2.75, 3.05) is 18.0 Å². The van der Waals surface area contributed by atoms with Crippen molar-refractivity contribution in [3.8, 4) is 5.75 Å². The number of hydrogen-bond acceptors (Lipinski definition) is 2. The molecule has 1 aromatic rings. The van der Waals surface area contributed by atoms with Crippen LogP contribution in [0.25, 0.3) is 0 Å². The van der Waals surface area contributed by atoms with E-state index in [2.05, 4.69) is 24.8 Å². The van der Waals surface area contributed by atoms with Crippen molar-refractivity contribution in [3.05, 3.63) is 24.3 Å². The van der Waals surface area contributed by atoms with E-state index in [0.717, 1.165) is 13.1 Å². The van der Waals surface area contributed by atoms with E-state index in [1.54, 1.807) is 6.07 Å². The van der Waals surface area contributed by atoms with Gasteiger partial charge in [0, 0.05) is 24.8 Å². The van der Waals surface area contributed by atoms with Crippen molar-refractivity contribution in [3.63, 3.8) is 0 Å². The zero-order chi connectivity index (χ0) is 16.0. The highest BCUT2D eigenvalue weighted by Gasteiger charge is 2.07. The lowest BCUT2D eigenvalue weighted by Gasteiger charge is -2.25. The fraction of sp³-hybridized carbons (Fsp3) is 0.700. The molecule has 23 heavy (non-hydrogen) atoms. The fourth-order valence-corrected chi connectivity index (χ4v) is 2.87. The molecule has 0 atom stereocenters. The standard InChI is InChI=1S/C20H35NO.ClH/c1-3-5-7-9-11-16-21(17-12-10-8-6-4-2)19-14-13-15-20(22)18-19;/h13-15,18,22H,3-12,16-17H2,1-2H3;1H. The smallest absolute Gasteiger partial charge is 0.117 e. The van der Waals surface area contributed by atoms with Gasteiger partial charge in [0.1, 0.15) is 5.75 Å². The van der Waals surface area contributed by atoms with Gasteiger partial charge in [0.05, 0.1) is 0 Å². The molecule has 0 spiro atoms. The minimum absolute atomic E-state index is 0. The van der Waals surface area contributed by atoms with Crippen LogP contribution in [0.15, 0.2) is 24.3 Å². The minimum atomic E-state index is 0. The largest absolute Gasteiger partial charge is 0.508 e. The third kappa shape index (κ3) is 10.5. The average molecular weight is 342 g/mol. The van der Waals surface area contributed by atoms with Gasteiger partial charge in [-0.05, 0) is 25.0 Å². The summed E-state index contributed by atoms with van der Waals surface area (Å²) in [7, 11) is 0. The summed E-state index contributed by atoms with van der Waals surface area (Å²) in [5, 5.41) is 9.72. The third-order valence-corrected chi connectivity index (χ3v) is 4.26. The van der Waals surface area contributed by atoms with E-state index in [0.29, 0.717) is 5.75 Å². The lowest BCUT2D eigenvalue weighted by molar-refractivity contribution is 0.475. The number of anilines is 1. The summed E-state index contributed by atoms with van der Waals surface area (Å²) in [4.78, 5) is 2.46. The second kappa shape index (κ2) is 14.7. The van der Waals surface area contributed by atoms with Gasteiger partial charge in [0.15, 0.2) is 0 Å². The zero-order valence-corrected chi connectivity index (χ0v) is 15.9. The second-order valence-corrected chi connectivity index (χ2v) is 6.34. The van der Waals surface area contributed by atoms with E-state index in [1.807, 2.05) is 12.1 Å². The Labute approximate surface area is 149 Å². The molecule has 3 heteroatoms. The molecule has 0 aliphatic rings. The Bertz CT molecular complexity index is 370. The van der Waals surface area contributed by atoms with Crippen molar-refractivity contribution in [1.29, 1.82) is 0 Å². The van der Waals surface area contributed by atoms with Crippen LogP contribution in [0, 0.1) is 0 Å². The van der Waals surface area contributed by atoms with Crippen molar-refractivity contribution < 1.29 is 5.11 Å². The number of unbranched alkanes of at least 4 members (excludes halogenated alkanes) is 8. The third-order valence-electron chi connectivity index (χ3n) is 4.26. The van der Waals surface area contributed by atoms with Crippen LogP contribution in [0.3, 0.4) is 0 Å². The number of halogens is 1. The molecule has 0 unspecified atom stereocenters. The number of aromatic hydroxyl groups is 1. The van der Waals surface area contributed by atoms with Crippen LogP contribution in [0.4, 0.5) is 5.69 Å². The summed E-state index contributed by atoms with van der Waals surface area (Å²) in [6.45, 7) is 6.74. The van der Waals surface area contributed by atoms with Crippen LogP contribution in [0.5, 0.6) is 5.75 Å². The summed E-state index contributed by atoms with van der Waals surface area (Å²) in [5.74, 6) is 0.375. The second-order valence-electron chi connectivity index (χ2n) is 6.34. The number of hydrogen-bond donors (Lipinski definition) is 1. The Morgan fingerprint density at radius 1 is 0.783 bits per heavy atom. The lowest BCUT2D eigenvalue weighted by Crippen LogP contribution is -2.25. The molecule has 0 saturated heterocycles. The summed E-state index contributed by atoms with van der Waals surface area (Å²) in [6, 6.07) is 7.73. The first-order valence-corrected chi connectivity index (χ1v) is 9.32. The van der Waals surface area contributed by atoms with Gasteiger partial charge in [0.2, 0.25) is 0 Å². The SMILES string of the molecule is CCCCCCCN(CCCCCCC)c1cccc(O)c1.Cl. The summed E-state index contributed by atoms with van der Waals surface area (Å²) < 4.78 is 0. The molecule has 0 heterocycles. The van der Waals surface area contributed by atoms with E-state index >= 15 is 0 Å². The molecule has 0 bridgehead atoms. The number of benzene rings is 1. The van der Waals surface area contributed by atoms with E-state index < -0.39 is 0 Å². The van der Waals surface area contributed by atoms with Crippen LogP contribution < -0.4 is 4.90 Å². The zero-order valence-electron chi connectivity index (χ0n) is 15.1. The molecular formula is C20H36ClNO. The van der Waals surface area contributed by atoms with E-state index in [1.165, 1.54) is 69.9 Å². The van der Waals surface area contributed by atoms with Crippen molar-refractivity contribution >= 4 is 18.1 Å². The Balaban J connectivity index is 0.00000484. The van der Waals surface area contributed by atoms with E-state index in [-0.39, 0.29) is 12.4 Å². The van der Waals surface area contributed by atoms with Gasteiger partial charge in [-0.3, -0.25) is 0 Å². The highest BCUT2D eigenvalue weighted by Crippen LogP contribution is 2.21. The number of phenols is 1. The molecule has 2 nitrogen and oxygen atoms in total. The van der Waals surface area contributed by atoms with Crippen molar-refractivity contribution in [1.82, 2.24) is 0 Å². The molecule has 1 aromatic carbocycles. The number of phenolic OH excluding ortho intramolecular Hbond substituents is 1. The minimum Gasteiger partial charge on any atom is -0.508 e. The van der Waals surface area contributed by atoms with Crippen LogP contribution >= 0.6 is 12.4 Å². The molecule has 1 rings (SSSR count). The first-order valence-electron chi connectivity index (χ1n) is 9.32. The number of nitrogens with zero attached hydrogens (tertiary/aromatic N) is 1. The van der Waals surface area contributed by atoms with Gasteiger partial charge in [0.25, 0.3) is 0 Å². The average Bonchev–Trinajstić information content (AvgIpc) is 2.52. The molecule has 0 radical (unpaired) electrons. The maximum Gasteiger partial charge on any atom is 0.117 e. The molecule has 0 saturated carbocycles. The molecular weight excluding hydrogens is 306 g/mol. The Morgan fingerprint density at radius 2 is 1.30 bits per heavy atom. The van der Waals surface area contributed by atoms with Crippen molar-refractivity contribution in [2.45, 2.75) is 78.1 Å². The van der Waals surface area contributed by atoms with Crippen LogP contribution in [0.2, 0.25) is 0 Å². The van der Waals surface area contributed by atoms with Gasteiger partial charge >= 0.3 is 0 Å². The summed E-state index contributed by atoms with van der Waals surface area (Å²) in [6.07, 6.45) is 13.1. The monoisotopic (exact) mass is 341 g/mol. The van der Waals surface area contributed by atoms with Gasteiger partial charge < -0.3 is 10.0 Å². The molecule has 1 N–H and O–H groups in total. The van der Waals surface area contributed by atoms with Gasteiger partial charge in [-0.15, -0.1) is 12.4 Å². The Hall–Kier alpha value is -0.890. The predicted molar refractivity (Wildman–Crippen MR) is 105 cm³/mol. The quantitative estimate of drug-likeness (QED) is 0.410. The highest BCUT2D eigenvalue weighted by molar-refractivity contribution is 5.85. The van der Waals surface area contributed by atoms with Crippen LogP contribution in [-0.4, -0.2) is 18.2 Å². The number of rotatable bonds is 13. The van der Waals surface area contributed by atoms with E-state index in [4.69, 9.17) is 0 Å². The molecule has 134 valence electrons. The maximum absolute atomic E-state index is 9.72. The maximum atomic E-state index is 9.72. The topological polar surface area (TPSA) is 23.5 Å². The highest BCUT2D eigenvalue weighted by atomic mass is 35.5. The summed E-state index contributed by atoms with van der Waals surface area (Å²) in [5.41, 5.74) is 1.17. The molecule has 0 amide bonds. The van der Waals surface area contributed by atoms with Crippen LogP contribution in [0.1, 0.15) is 78.1 Å². The summed E-state index contributed by atoms with van der Waals surface area (Å²) >= 11 is 0. The van der Waals surface area contributed by atoms with Crippen molar-refractivity contribution in [2.24, 2.45) is 0 Å². The first kappa shape index (κ1) is 22.1. The van der Waals surface area contributed by atoms with Gasteiger partial charge in [-0.1, -0.05) is 71.3 Å². The predicted octanol–water partition coefficient (Wildman–Crippen LogP) is 6.56. The Kier molecular flexibility index (Phi) is 14.1. The molecule has 0 fully saturated rings. The Morgan fingerprint density at radius 3 is 1.78 bits per heavy atom. The molecule has 0 aliphatic carbocycles.